The Balaban J connectivity index is 0.00000180. The third-order valence-corrected chi connectivity index (χ3v) is 6.60. The van der Waals surface area contributed by atoms with E-state index in [1.807, 2.05) is 20.9 Å². The summed E-state index contributed by atoms with van der Waals surface area (Å²) >= 11 is 1.55. The molecule has 0 bridgehead atoms. The first-order chi connectivity index (χ1) is 8.45. The van der Waals surface area contributed by atoms with Gasteiger partial charge in [-0.05, 0) is 39.8 Å². The lowest BCUT2D eigenvalue weighted by Gasteiger charge is -2.30. The number of rotatable bonds is 3. The van der Waals surface area contributed by atoms with Gasteiger partial charge in [0.15, 0.2) is 0 Å². The van der Waals surface area contributed by atoms with Gasteiger partial charge in [0.05, 0.1) is 4.90 Å². The van der Waals surface area contributed by atoms with Crippen molar-refractivity contribution in [2.45, 2.75) is 37.6 Å². The van der Waals surface area contributed by atoms with Crippen LogP contribution >= 0.6 is 23.7 Å². The fourth-order valence-corrected chi connectivity index (χ4v) is 5.38. The highest BCUT2D eigenvalue weighted by molar-refractivity contribution is 7.89. The summed E-state index contributed by atoms with van der Waals surface area (Å²) in [5.41, 5.74) is 0. The Labute approximate surface area is 125 Å². The van der Waals surface area contributed by atoms with Crippen LogP contribution in [0.4, 0.5) is 0 Å². The van der Waals surface area contributed by atoms with Crippen LogP contribution in [-0.4, -0.2) is 38.9 Å². The molecule has 1 aromatic rings. The van der Waals surface area contributed by atoms with E-state index in [1.54, 1.807) is 21.7 Å². The monoisotopic (exact) mass is 324 g/mol. The molecule has 4 nitrogen and oxygen atoms in total. The number of thiophene rings is 1. The van der Waals surface area contributed by atoms with E-state index in [9.17, 15) is 8.42 Å². The minimum atomic E-state index is -3.29. The lowest BCUT2D eigenvalue weighted by molar-refractivity contribution is 0.298. The van der Waals surface area contributed by atoms with E-state index in [0.717, 1.165) is 22.6 Å². The van der Waals surface area contributed by atoms with Crippen molar-refractivity contribution in [3.05, 3.63) is 15.8 Å². The Kier molecular flexibility index (Phi) is 5.82. The quantitative estimate of drug-likeness (QED) is 0.927. The Hall–Kier alpha value is -0.140. The number of nitrogens with zero attached hydrogens (tertiary/aromatic N) is 1. The van der Waals surface area contributed by atoms with Gasteiger partial charge in [-0.3, -0.25) is 0 Å². The standard InChI is InChI=1S/C12H20N2O2S2.ClH/c1-9-8-12(10(2)17-9)18(15,16)14-6-4-11(13-3)5-7-14;/h8,11,13H,4-7H2,1-3H3;1H. The molecular weight excluding hydrogens is 304 g/mol. The maximum Gasteiger partial charge on any atom is 0.244 e. The van der Waals surface area contributed by atoms with E-state index in [2.05, 4.69) is 5.32 Å². The molecule has 0 amide bonds. The van der Waals surface area contributed by atoms with Gasteiger partial charge in [0.1, 0.15) is 0 Å². The zero-order valence-corrected chi connectivity index (χ0v) is 13.9. The van der Waals surface area contributed by atoms with Crippen LogP contribution in [0.3, 0.4) is 0 Å². The number of hydrogen-bond acceptors (Lipinski definition) is 4. The SMILES string of the molecule is CNC1CCN(S(=O)(=O)c2cc(C)sc2C)CC1.Cl. The number of halogens is 1. The Bertz CT molecular complexity index is 520. The minimum Gasteiger partial charge on any atom is -0.317 e. The van der Waals surface area contributed by atoms with E-state index < -0.39 is 10.0 Å². The first-order valence-corrected chi connectivity index (χ1v) is 8.45. The highest BCUT2D eigenvalue weighted by Gasteiger charge is 2.30. The molecule has 1 saturated heterocycles. The summed E-state index contributed by atoms with van der Waals surface area (Å²) in [6, 6.07) is 2.24. The van der Waals surface area contributed by atoms with Gasteiger partial charge in [0, 0.05) is 28.9 Å². The average molecular weight is 325 g/mol. The molecule has 7 heteroatoms. The van der Waals surface area contributed by atoms with Gasteiger partial charge in [-0.2, -0.15) is 4.31 Å². The van der Waals surface area contributed by atoms with Gasteiger partial charge >= 0.3 is 0 Å². The maximum atomic E-state index is 12.5. The zero-order valence-electron chi connectivity index (χ0n) is 11.5. The molecule has 1 aromatic heterocycles. The summed E-state index contributed by atoms with van der Waals surface area (Å²) in [6.07, 6.45) is 1.77. The van der Waals surface area contributed by atoms with Crippen molar-refractivity contribution in [2.75, 3.05) is 20.1 Å². The van der Waals surface area contributed by atoms with Crippen LogP contribution in [0.5, 0.6) is 0 Å². The zero-order chi connectivity index (χ0) is 13.3. The highest BCUT2D eigenvalue weighted by Crippen LogP contribution is 2.29. The van der Waals surface area contributed by atoms with E-state index in [0.29, 0.717) is 24.0 Å². The molecule has 2 heterocycles. The van der Waals surface area contributed by atoms with Crippen molar-refractivity contribution in [2.24, 2.45) is 0 Å². The largest absolute Gasteiger partial charge is 0.317 e. The van der Waals surface area contributed by atoms with Gasteiger partial charge in [-0.25, -0.2) is 8.42 Å². The fraction of sp³-hybridized carbons (Fsp3) is 0.667. The van der Waals surface area contributed by atoms with Crippen LogP contribution in [0.1, 0.15) is 22.6 Å². The van der Waals surface area contributed by atoms with Crippen LogP contribution in [0, 0.1) is 13.8 Å². The molecule has 1 N–H and O–H groups in total. The lowest BCUT2D eigenvalue weighted by atomic mass is 10.1. The molecular formula is C12H21ClN2O2S2. The van der Waals surface area contributed by atoms with Crippen LogP contribution < -0.4 is 5.32 Å². The van der Waals surface area contributed by atoms with Crippen LogP contribution in [0.15, 0.2) is 11.0 Å². The second-order valence-corrected chi connectivity index (χ2v) is 8.11. The summed E-state index contributed by atoms with van der Waals surface area (Å²) in [6.45, 7) is 5.05. The van der Waals surface area contributed by atoms with E-state index >= 15 is 0 Å². The van der Waals surface area contributed by atoms with Crippen LogP contribution in [0.25, 0.3) is 0 Å². The first kappa shape index (κ1) is 16.9. The molecule has 1 aliphatic heterocycles. The van der Waals surface area contributed by atoms with Crippen molar-refractivity contribution in [3.8, 4) is 0 Å². The summed E-state index contributed by atoms with van der Waals surface area (Å²) < 4.78 is 26.7. The molecule has 2 rings (SSSR count). The number of sulfonamides is 1. The van der Waals surface area contributed by atoms with Gasteiger partial charge < -0.3 is 5.32 Å². The van der Waals surface area contributed by atoms with Gasteiger partial charge in [-0.15, -0.1) is 23.7 Å². The Morgan fingerprint density at radius 1 is 1.32 bits per heavy atom. The first-order valence-electron chi connectivity index (χ1n) is 6.19. The predicted octanol–water partition coefficient (Wildman–Crippen LogP) is 2.16. The van der Waals surface area contributed by atoms with Gasteiger partial charge in [0.25, 0.3) is 0 Å². The molecule has 0 unspecified atom stereocenters. The van der Waals surface area contributed by atoms with E-state index in [4.69, 9.17) is 0 Å². The molecule has 0 radical (unpaired) electrons. The normalized spacial score (nSPS) is 18.3. The predicted molar refractivity (Wildman–Crippen MR) is 81.9 cm³/mol. The molecule has 0 atom stereocenters. The molecule has 1 aliphatic rings. The topological polar surface area (TPSA) is 49.4 Å². The molecule has 1 fully saturated rings. The lowest BCUT2D eigenvalue weighted by Crippen LogP contribution is -2.43. The third kappa shape index (κ3) is 3.49. The molecule has 0 saturated carbocycles. The van der Waals surface area contributed by atoms with E-state index in [-0.39, 0.29) is 12.4 Å². The number of nitrogens with one attached hydrogen (secondary N) is 1. The summed E-state index contributed by atoms with van der Waals surface area (Å²) in [7, 11) is -1.36. The Morgan fingerprint density at radius 3 is 2.32 bits per heavy atom. The summed E-state index contributed by atoms with van der Waals surface area (Å²) in [5, 5.41) is 3.21. The van der Waals surface area contributed by atoms with Crippen molar-refractivity contribution in [1.29, 1.82) is 0 Å². The van der Waals surface area contributed by atoms with Crippen LogP contribution in [-0.2, 0) is 10.0 Å². The highest BCUT2D eigenvalue weighted by atomic mass is 35.5. The van der Waals surface area contributed by atoms with Crippen molar-refractivity contribution >= 4 is 33.8 Å². The third-order valence-electron chi connectivity index (χ3n) is 3.48. The molecule has 0 aromatic carbocycles. The number of aryl methyl sites for hydroxylation is 2. The molecule has 0 spiro atoms. The van der Waals surface area contributed by atoms with Crippen molar-refractivity contribution in [1.82, 2.24) is 9.62 Å². The van der Waals surface area contributed by atoms with Crippen molar-refractivity contribution < 1.29 is 8.42 Å². The number of piperidine rings is 1. The number of hydrogen-bond donors (Lipinski definition) is 1. The van der Waals surface area contributed by atoms with E-state index in [1.165, 1.54) is 0 Å². The summed E-state index contributed by atoms with van der Waals surface area (Å²) in [5.74, 6) is 0. The van der Waals surface area contributed by atoms with Crippen LogP contribution in [0.2, 0.25) is 0 Å². The molecule has 19 heavy (non-hydrogen) atoms. The van der Waals surface area contributed by atoms with Gasteiger partial charge in [0.2, 0.25) is 10.0 Å². The Morgan fingerprint density at radius 2 is 1.89 bits per heavy atom. The summed E-state index contributed by atoms with van der Waals surface area (Å²) in [4.78, 5) is 2.44. The van der Waals surface area contributed by atoms with Crippen molar-refractivity contribution in [3.63, 3.8) is 0 Å². The smallest absolute Gasteiger partial charge is 0.244 e. The average Bonchev–Trinajstić information content (AvgIpc) is 2.69. The molecule has 110 valence electrons. The van der Waals surface area contributed by atoms with Gasteiger partial charge in [-0.1, -0.05) is 0 Å². The molecule has 0 aliphatic carbocycles. The fourth-order valence-electron chi connectivity index (χ4n) is 2.39. The maximum absolute atomic E-state index is 12.5. The second kappa shape index (κ2) is 6.54. The minimum absolute atomic E-state index is 0. The second-order valence-electron chi connectivity index (χ2n) is 4.74.